The van der Waals surface area contributed by atoms with Gasteiger partial charge in [0.15, 0.2) is 5.96 Å². The fourth-order valence-electron chi connectivity index (χ4n) is 2.52. The standard InChI is InChI=1S/C17H34N8O5/c18-8-2-1-4-10(19)15(29)25-12(6-7-13(26)27)16(30)24-11(14(20)28)5-3-9-23-17(21)22/h10-12H,1-9,18-19H2,(H2,20,28)(H,24,30)(H,25,29)(H,26,27)(H4,21,22,23)/t10-,11-,12-/m0/s1. The maximum absolute atomic E-state index is 12.6. The van der Waals surface area contributed by atoms with Crippen molar-refractivity contribution in [3.05, 3.63) is 0 Å². The van der Waals surface area contributed by atoms with Crippen LogP contribution in [-0.2, 0) is 19.2 Å². The van der Waals surface area contributed by atoms with Crippen LogP contribution in [0.3, 0.4) is 0 Å². The number of aliphatic carboxylic acids is 1. The molecule has 0 aromatic heterocycles. The topological polar surface area (TPSA) is 255 Å². The molecule has 13 heteroatoms. The van der Waals surface area contributed by atoms with Crippen LogP contribution in [0.4, 0.5) is 0 Å². The van der Waals surface area contributed by atoms with Crippen molar-refractivity contribution in [1.29, 1.82) is 0 Å². The number of carboxylic acid groups (broad SMARTS) is 1. The zero-order chi connectivity index (χ0) is 23.1. The van der Waals surface area contributed by atoms with Gasteiger partial charge in [-0.25, -0.2) is 0 Å². The second-order valence-electron chi connectivity index (χ2n) is 6.80. The molecule has 0 aliphatic rings. The molecule has 0 aromatic carbocycles. The number of hydrogen-bond acceptors (Lipinski definition) is 7. The Hall–Kier alpha value is -2.93. The van der Waals surface area contributed by atoms with Crippen molar-refractivity contribution in [3.63, 3.8) is 0 Å². The van der Waals surface area contributed by atoms with Crippen LogP contribution in [0.5, 0.6) is 0 Å². The third-order valence-electron chi connectivity index (χ3n) is 4.19. The van der Waals surface area contributed by atoms with Crippen LogP contribution in [0, 0.1) is 0 Å². The van der Waals surface area contributed by atoms with Crippen LogP contribution in [0.15, 0.2) is 4.99 Å². The van der Waals surface area contributed by atoms with Crippen LogP contribution in [0.1, 0.15) is 44.9 Å². The van der Waals surface area contributed by atoms with Crippen molar-refractivity contribution < 1.29 is 24.3 Å². The average Bonchev–Trinajstić information content (AvgIpc) is 2.66. The molecule has 0 bridgehead atoms. The number of carboxylic acids is 1. The third kappa shape index (κ3) is 12.5. The zero-order valence-electron chi connectivity index (χ0n) is 17.0. The first-order valence-electron chi connectivity index (χ1n) is 9.71. The van der Waals surface area contributed by atoms with E-state index in [0.29, 0.717) is 32.2 Å². The normalized spacial score (nSPS) is 13.5. The van der Waals surface area contributed by atoms with Gasteiger partial charge in [-0.2, -0.15) is 0 Å². The first kappa shape index (κ1) is 27.1. The lowest BCUT2D eigenvalue weighted by Crippen LogP contribution is -2.55. The smallest absolute Gasteiger partial charge is 0.303 e. The number of aliphatic imine (C=N–C) groups is 1. The molecule has 0 spiro atoms. The highest BCUT2D eigenvalue weighted by Gasteiger charge is 2.27. The molecule has 13 nitrogen and oxygen atoms in total. The number of guanidine groups is 1. The highest BCUT2D eigenvalue weighted by Crippen LogP contribution is 2.05. The second-order valence-corrected chi connectivity index (χ2v) is 6.80. The number of carbonyl (C=O) groups is 4. The molecule has 13 N–H and O–H groups in total. The molecular weight excluding hydrogens is 396 g/mol. The van der Waals surface area contributed by atoms with Crippen LogP contribution in [0.25, 0.3) is 0 Å². The van der Waals surface area contributed by atoms with Crippen LogP contribution in [-0.4, -0.2) is 66.0 Å². The number of unbranched alkanes of at least 4 members (excludes halogenated alkanes) is 1. The molecule has 172 valence electrons. The van der Waals surface area contributed by atoms with Crippen LogP contribution < -0.4 is 39.3 Å². The summed E-state index contributed by atoms with van der Waals surface area (Å²) in [5, 5.41) is 13.8. The summed E-state index contributed by atoms with van der Waals surface area (Å²) in [7, 11) is 0. The minimum atomic E-state index is -1.19. The summed E-state index contributed by atoms with van der Waals surface area (Å²) in [6.45, 7) is 0.703. The lowest BCUT2D eigenvalue weighted by molar-refractivity contribution is -0.138. The van der Waals surface area contributed by atoms with Gasteiger partial charge >= 0.3 is 5.97 Å². The molecule has 30 heavy (non-hydrogen) atoms. The Morgan fingerprint density at radius 1 is 0.867 bits per heavy atom. The van der Waals surface area contributed by atoms with Gasteiger partial charge in [-0.15, -0.1) is 0 Å². The van der Waals surface area contributed by atoms with Crippen molar-refractivity contribution in [2.75, 3.05) is 13.1 Å². The van der Waals surface area contributed by atoms with Crippen molar-refractivity contribution >= 4 is 29.7 Å². The number of primary amides is 1. The molecule has 0 rings (SSSR count). The minimum absolute atomic E-state index is 0.103. The van der Waals surface area contributed by atoms with E-state index < -0.39 is 41.8 Å². The molecule has 0 unspecified atom stereocenters. The first-order chi connectivity index (χ1) is 14.1. The van der Waals surface area contributed by atoms with Gasteiger partial charge in [0, 0.05) is 13.0 Å². The van der Waals surface area contributed by atoms with E-state index in [2.05, 4.69) is 15.6 Å². The van der Waals surface area contributed by atoms with Gasteiger partial charge in [-0.1, -0.05) is 6.42 Å². The van der Waals surface area contributed by atoms with E-state index in [4.69, 9.17) is 33.8 Å². The molecule has 0 fully saturated rings. The van der Waals surface area contributed by atoms with Gasteiger partial charge in [-0.05, 0) is 38.6 Å². The minimum Gasteiger partial charge on any atom is -0.481 e. The second kappa shape index (κ2) is 15.0. The van der Waals surface area contributed by atoms with Crippen LogP contribution in [0.2, 0.25) is 0 Å². The van der Waals surface area contributed by atoms with E-state index in [1.54, 1.807) is 0 Å². The van der Waals surface area contributed by atoms with E-state index in [-0.39, 0.29) is 31.8 Å². The van der Waals surface area contributed by atoms with E-state index in [0.717, 1.165) is 0 Å². The van der Waals surface area contributed by atoms with E-state index >= 15 is 0 Å². The monoisotopic (exact) mass is 430 g/mol. The molecule has 3 atom stereocenters. The average molecular weight is 431 g/mol. The van der Waals surface area contributed by atoms with Gasteiger partial charge in [0.2, 0.25) is 17.7 Å². The Kier molecular flexibility index (Phi) is 13.5. The van der Waals surface area contributed by atoms with Gasteiger partial charge in [0.1, 0.15) is 12.1 Å². The number of nitrogens with two attached hydrogens (primary N) is 5. The van der Waals surface area contributed by atoms with Gasteiger partial charge in [-0.3, -0.25) is 24.2 Å². The number of nitrogens with zero attached hydrogens (tertiary/aromatic N) is 1. The largest absolute Gasteiger partial charge is 0.481 e. The molecule has 0 saturated carbocycles. The molecule has 0 aliphatic carbocycles. The van der Waals surface area contributed by atoms with Crippen molar-refractivity contribution in [3.8, 4) is 0 Å². The zero-order valence-corrected chi connectivity index (χ0v) is 17.0. The summed E-state index contributed by atoms with van der Waals surface area (Å²) >= 11 is 0. The Labute approximate surface area is 175 Å². The number of rotatable bonds is 16. The Morgan fingerprint density at radius 2 is 1.50 bits per heavy atom. The molecule has 0 aromatic rings. The Bertz CT molecular complexity index is 609. The van der Waals surface area contributed by atoms with Gasteiger partial charge in [0.25, 0.3) is 0 Å². The highest BCUT2D eigenvalue weighted by atomic mass is 16.4. The predicted molar refractivity (Wildman–Crippen MR) is 111 cm³/mol. The number of nitrogens with one attached hydrogen (secondary N) is 2. The maximum atomic E-state index is 12.6. The molecule has 0 aliphatic heterocycles. The quantitative estimate of drug-likeness (QED) is 0.0696. The summed E-state index contributed by atoms with van der Waals surface area (Å²) in [5.41, 5.74) is 27.0. The number of amides is 3. The van der Waals surface area contributed by atoms with Crippen molar-refractivity contribution in [2.24, 2.45) is 33.7 Å². The summed E-state index contributed by atoms with van der Waals surface area (Å²) in [6.07, 6.45) is 1.68. The number of carbonyl (C=O) groups excluding carboxylic acids is 3. The summed E-state index contributed by atoms with van der Waals surface area (Å²) in [6, 6.07) is -3.09. The van der Waals surface area contributed by atoms with Crippen LogP contribution >= 0.6 is 0 Å². The lowest BCUT2D eigenvalue weighted by Gasteiger charge is -2.23. The predicted octanol–water partition coefficient (Wildman–Crippen LogP) is -3.18. The maximum Gasteiger partial charge on any atom is 0.303 e. The molecule has 0 heterocycles. The third-order valence-corrected chi connectivity index (χ3v) is 4.19. The van der Waals surface area contributed by atoms with E-state index in [9.17, 15) is 19.2 Å². The summed E-state index contributed by atoms with van der Waals surface area (Å²) in [5.74, 6) is -3.35. The Balaban J connectivity index is 4.99. The van der Waals surface area contributed by atoms with Crippen molar-refractivity contribution in [2.45, 2.75) is 63.1 Å². The van der Waals surface area contributed by atoms with Gasteiger partial charge in [0.05, 0.1) is 6.04 Å². The summed E-state index contributed by atoms with van der Waals surface area (Å²) < 4.78 is 0. The molecule has 0 saturated heterocycles. The van der Waals surface area contributed by atoms with Gasteiger partial charge < -0.3 is 44.4 Å². The fourth-order valence-corrected chi connectivity index (χ4v) is 2.52. The first-order valence-corrected chi connectivity index (χ1v) is 9.71. The molecule has 3 amide bonds. The Morgan fingerprint density at radius 3 is 2.03 bits per heavy atom. The summed E-state index contributed by atoms with van der Waals surface area (Å²) in [4.78, 5) is 51.1. The highest BCUT2D eigenvalue weighted by molar-refractivity contribution is 5.92. The SMILES string of the molecule is NCCCC[C@H](N)C(=O)N[C@@H](CCC(=O)O)C(=O)N[C@@H](CCCN=C(N)N)C(N)=O. The molecule has 0 radical (unpaired) electrons. The van der Waals surface area contributed by atoms with E-state index in [1.165, 1.54) is 0 Å². The lowest BCUT2D eigenvalue weighted by atomic mass is 10.1. The number of hydrogen-bond donors (Lipinski definition) is 8. The van der Waals surface area contributed by atoms with Crippen molar-refractivity contribution in [1.82, 2.24) is 10.6 Å². The van der Waals surface area contributed by atoms with E-state index in [1.807, 2.05) is 0 Å². The fraction of sp³-hybridized carbons (Fsp3) is 0.706. The molecular formula is C17H34N8O5.